The molecule has 0 aromatic carbocycles. The zero-order valence-electron chi connectivity index (χ0n) is 12.8. The van der Waals surface area contributed by atoms with E-state index in [0.29, 0.717) is 16.2 Å². The van der Waals surface area contributed by atoms with Crippen LogP contribution in [0.4, 0.5) is 4.39 Å². The molecule has 1 fully saturated rings. The van der Waals surface area contributed by atoms with Crippen LogP contribution in [0.2, 0.25) is 0 Å². The lowest BCUT2D eigenvalue weighted by atomic mass is 9.83. The number of H-pyrrole nitrogens is 1. The summed E-state index contributed by atoms with van der Waals surface area (Å²) in [5, 5.41) is 30.2. The first-order valence-corrected chi connectivity index (χ1v) is 8.57. The maximum absolute atomic E-state index is 13.7. The molecule has 3 heterocycles. The first-order valence-electron chi connectivity index (χ1n) is 7.10. The normalized spacial score (nSPS) is 36.2. The zero-order valence-corrected chi connectivity index (χ0v) is 13.6. The van der Waals surface area contributed by atoms with Gasteiger partial charge < -0.3 is 25.8 Å². The van der Waals surface area contributed by atoms with E-state index in [1.807, 2.05) is 0 Å². The molecule has 2 aliphatic rings. The van der Waals surface area contributed by atoms with Crippen LogP contribution in [0.15, 0.2) is 26.9 Å². The lowest BCUT2D eigenvalue weighted by molar-refractivity contribution is -0.274. The van der Waals surface area contributed by atoms with Gasteiger partial charge in [-0.1, -0.05) is 0 Å². The highest BCUT2D eigenvalue weighted by Crippen LogP contribution is 2.46. The van der Waals surface area contributed by atoms with E-state index in [4.69, 9.17) is 14.7 Å². The Morgan fingerprint density at radius 1 is 1.38 bits per heavy atom. The molecular formula is C12H14FN3O9S. The molecule has 0 unspecified atom stereocenters. The number of hydrogen-bond acceptors (Lipinski definition) is 10. The van der Waals surface area contributed by atoms with E-state index >= 15 is 0 Å². The first-order chi connectivity index (χ1) is 12.0. The highest BCUT2D eigenvalue weighted by molar-refractivity contribution is 7.90. The van der Waals surface area contributed by atoms with E-state index in [1.165, 1.54) is 0 Å². The third-order valence-corrected chi connectivity index (χ3v) is 5.20. The first kappa shape index (κ1) is 18.7. The van der Waals surface area contributed by atoms with Gasteiger partial charge in [0.15, 0.2) is 6.23 Å². The van der Waals surface area contributed by atoms with Crippen molar-refractivity contribution in [2.45, 2.75) is 30.1 Å². The van der Waals surface area contributed by atoms with Gasteiger partial charge >= 0.3 is 5.69 Å². The molecule has 0 aliphatic carbocycles. The van der Waals surface area contributed by atoms with Crippen LogP contribution in [0, 0.1) is 5.82 Å². The van der Waals surface area contributed by atoms with Crippen LogP contribution in [0.3, 0.4) is 0 Å². The van der Waals surface area contributed by atoms with Gasteiger partial charge in [0.1, 0.15) is 18.3 Å². The quantitative estimate of drug-likeness (QED) is 0.310. The van der Waals surface area contributed by atoms with Crippen LogP contribution in [0.5, 0.6) is 0 Å². The van der Waals surface area contributed by atoms with Crippen LogP contribution < -0.4 is 17.0 Å². The Morgan fingerprint density at radius 2 is 2.04 bits per heavy atom. The summed E-state index contributed by atoms with van der Waals surface area (Å²) in [7, 11) is -4.44. The summed E-state index contributed by atoms with van der Waals surface area (Å²) in [4.78, 5) is 24.9. The van der Waals surface area contributed by atoms with Crippen LogP contribution in [0.25, 0.3) is 0 Å². The number of ether oxygens (including phenoxy) is 1. The van der Waals surface area contributed by atoms with Gasteiger partial charge in [-0.3, -0.25) is 14.3 Å². The maximum Gasteiger partial charge on any atom is 0.330 e. The Morgan fingerprint density at radius 3 is 2.58 bits per heavy atom. The lowest BCUT2D eigenvalue weighted by Gasteiger charge is -2.48. The maximum atomic E-state index is 13.7. The van der Waals surface area contributed by atoms with Crippen molar-refractivity contribution in [3.63, 3.8) is 0 Å². The molecule has 0 amide bonds. The molecule has 14 heteroatoms. The van der Waals surface area contributed by atoms with E-state index in [0.717, 1.165) is 0 Å². The van der Waals surface area contributed by atoms with Gasteiger partial charge in [0.05, 0.1) is 23.9 Å². The fourth-order valence-electron chi connectivity index (χ4n) is 2.92. The molecular weight excluding hydrogens is 381 g/mol. The Kier molecular flexibility index (Phi) is 4.29. The van der Waals surface area contributed by atoms with Gasteiger partial charge in [0, 0.05) is 0 Å². The van der Waals surface area contributed by atoms with E-state index in [2.05, 4.69) is 0 Å². The number of nitrogens with zero attached hydrogens (tertiary/aromatic N) is 1. The van der Waals surface area contributed by atoms with Crippen molar-refractivity contribution in [1.82, 2.24) is 9.55 Å². The van der Waals surface area contributed by atoms with Gasteiger partial charge in [-0.15, -0.1) is 0 Å². The average molecular weight is 395 g/mol. The Labute approximate surface area is 144 Å². The second-order valence-electron chi connectivity index (χ2n) is 5.73. The molecule has 26 heavy (non-hydrogen) atoms. The standard InChI is InChI=1S/C12H14FN3O9S/c13-4-1-16(11(21)15-9(4)20)10-12(6(14)3-26(22,23)25-12)8(19)7(18)5(2-17)24-10/h1,3,5,7-8,10,17-19H,2,14H2,(H,15,20,21)/t5-,7+,8+,10-,12+/m1/s1. The Balaban J connectivity index is 2.26. The number of rotatable bonds is 2. The highest BCUT2D eigenvalue weighted by atomic mass is 32.2. The molecule has 1 aromatic heterocycles. The molecule has 3 rings (SSSR count). The van der Waals surface area contributed by atoms with Gasteiger partial charge in [-0.25, -0.2) is 8.98 Å². The number of aliphatic hydroxyl groups excluding tert-OH is 3. The molecule has 144 valence electrons. The number of nitrogens with one attached hydrogen (secondary N) is 1. The fourth-order valence-corrected chi connectivity index (χ4v) is 4.13. The van der Waals surface area contributed by atoms with E-state index in [9.17, 15) is 37.7 Å². The molecule has 1 aromatic rings. The number of nitrogens with two attached hydrogens (primary N) is 1. The van der Waals surface area contributed by atoms with Gasteiger partial charge in [0.2, 0.25) is 11.4 Å². The van der Waals surface area contributed by atoms with Crippen molar-refractivity contribution in [1.29, 1.82) is 0 Å². The van der Waals surface area contributed by atoms with Crippen molar-refractivity contribution >= 4 is 10.1 Å². The number of hydrogen-bond donors (Lipinski definition) is 5. The van der Waals surface area contributed by atoms with Crippen molar-refractivity contribution in [3.8, 4) is 0 Å². The zero-order chi connectivity index (χ0) is 19.4. The number of aromatic nitrogens is 2. The highest BCUT2D eigenvalue weighted by Gasteiger charge is 2.64. The second kappa shape index (κ2) is 5.97. The van der Waals surface area contributed by atoms with Crippen molar-refractivity contribution in [3.05, 3.63) is 44.0 Å². The minimum absolute atomic E-state index is 0.397. The van der Waals surface area contributed by atoms with Crippen molar-refractivity contribution < 1.29 is 37.0 Å². The summed E-state index contributed by atoms with van der Waals surface area (Å²) < 4.78 is 47.8. The molecule has 0 radical (unpaired) electrons. The molecule has 0 saturated carbocycles. The smallest absolute Gasteiger partial charge is 0.330 e. The second-order valence-corrected chi connectivity index (χ2v) is 7.12. The lowest BCUT2D eigenvalue weighted by Crippen LogP contribution is -2.67. The summed E-state index contributed by atoms with van der Waals surface area (Å²) in [6.07, 6.45) is -6.99. The summed E-state index contributed by atoms with van der Waals surface area (Å²) >= 11 is 0. The number of halogens is 1. The third kappa shape index (κ3) is 2.58. The molecule has 1 spiro atoms. The Hall–Kier alpha value is -2.10. The molecule has 5 atom stereocenters. The summed E-state index contributed by atoms with van der Waals surface area (Å²) in [6.45, 7) is -0.845. The fraction of sp³-hybridized carbons (Fsp3) is 0.500. The van der Waals surface area contributed by atoms with Crippen LogP contribution in [-0.4, -0.2) is 63.8 Å². The number of aromatic amines is 1. The predicted octanol–water partition coefficient (Wildman–Crippen LogP) is -3.81. The molecule has 2 aliphatic heterocycles. The summed E-state index contributed by atoms with van der Waals surface area (Å²) in [6, 6.07) is 0. The third-order valence-electron chi connectivity index (χ3n) is 4.15. The predicted molar refractivity (Wildman–Crippen MR) is 79.3 cm³/mol. The SMILES string of the molecule is NC1=CS(=O)(=O)O[C@]12[C@@H](O)[C@@H](O)[C@@H](CO)O[C@H]2n1cc(F)c(=O)[nH]c1=O. The number of aliphatic hydroxyl groups is 3. The van der Waals surface area contributed by atoms with Crippen LogP contribution in [-0.2, 0) is 19.0 Å². The van der Waals surface area contributed by atoms with Crippen LogP contribution >= 0.6 is 0 Å². The van der Waals surface area contributed by atoms with E-state index < -0.39 is 69.6 Å². The topological polar surface area (TPSA) is 194 Å². The van der Waals surface area contributed by atoms with Gasteiger partial charge in [-0.2, -0.15) is 12.8 Å². The average Bonchev–Trinajstić information content (AvgIpc) is 2.79. The summed E-state index contributed by atoms with van der Waals surface area (Å²) in [5.41, 5.74) is -0.0797. The largest absolute Gasteiger partial charge is 0.399 e. The molecule has 6 N–H and O–H groups in total. The van der Waals surface area contributed by atoms with Gasteiger partial charge in [0.25, 0.3) is 15.7 Å². The summed E-state index contributed by atoms with van der Waals surface area (Å²) in [5.74, 6) is -1.42. The van der Waals surface area contributed by atoms with E-state index in [-0.39, 0.29) is 0 Å². The molecule has 0 bridgehead atoms. The molecule has 12 nitrogen and oxygen atoms in total. The minimum Gasteiger partial charge on any atom is -0.399 e. The van der Waals surface area contributed by atoms with Gasteiger partial charge in [-0.05, 0) is 0 Å². The van der Waals surface area contributed by atoms with E-state index in [1.54, 1.807) is 4.98 Å². The van der Waals surface area contributed by atoms with Crippen molar-refractivity contribution in [2.24, 2.45) is 5.73 Å². The Bertz CT molecular complexity index is 986. The monoisotopic (exact) mass is 395 g/mol. The van der Waals surface area contributed by atoms with Crippen LogP contribution in [0.1, 0.15) is 6.23 Å². The van der Waals surface area contributed by atoms with Crippen molar-refractivity contribution in [2.75, 3.05) is 6.61 Å². The minimum atomic E-state index is -4.44. The molecule has 1 saturated heterocycles.